The molecular formula is C23H20F2N4O3S. The molecule has 3 heterocycles. The number of aromatic nitrogens is 1. The molecule has 10 heteroatoms. The summed E-state index contributed by atoms with van der Waals surface area (Å²) < 4.78 is 34.1. The van der Waals surface area contributed by atoms with Crippen LogP contribution < -0.4 is 10.1 Å². The van der Waals surface area contributed by atoms with E-state index in [2.05, 4.69) is 15.3 Å². The molecule has 0 bridgehead atoms. The summed E-state index contributed by atoms with van der Waals surface area (Å²) in [5, 5.41) is 3.08. The molecule has 2 aliphatic rings. The lowest BCUT2D eigenvalue weighted by Crippen LogP contribution is -2.35. The molecule has 1 saturated heterocycles. The normalized spacial score (nSPS) is 17.1. The van der Waals surface area contributed by atoms with Gasteiger partial charge >= 0.3 is 0 Å². The topological polar surface area (TPSA) is 83.9 Å². The maximum absolute atomic E-state index is 14.6. The molecule has 1 atom stereocenters. The predicted octanol–water partition coefficient (Wildman–Crippen LogP) is 4.69. The number of fused-ring (bicyclic) bond motifs is 3. The van der Waals surface area contributed by atoms with Crippen molar-refractivity contribution in [2.45, 2.75) is 31.7 Å². The maximum atomic E-state index is 14.6. The Morgan fingerprint density at radius 3 is 3.03 bits per heavy atom. The van der Waals surface area contributed by atoms with Crippen LogP contribution >= 0.6 is 11.3 Å². The Labute approximate surface area is 192 Å². The maximum Gasteiger partial charge on any atom is 0.256 e. The van der Waals surface area contributed by atoms with Gasteiger partial charge in [0.15, 0.2) is 16.7 Å². The van der Waals surface area contributed by atoms with E-state index in [1.54, 1.807) is 17.2 Å². The summed E-state index contributed by atoms with van der Waals surface area (Å²) in [6.45, 7) is 0.755. The van der Waals surface area contributed by atoms with Crippen molar-refractivity contribution >= 4 is 50.4 Å². The van der Waals surface area contributed by atoms with Crippen molar-refractivity contribution in [1.82, 2.24) is 9.88 Å². The average molecular weight is 471 g/mol. The van der Waals surface area contributed by atoms with Gasteiger partial charge in [0.2, 0.25) is 5.91 Å². The highest BCUT2D eigenvalue weighted by Gasteiger charge is 2.32. The number of nitrogens with one attached hydrogen (secondary N) is 1. The molecule has 0 radical (unpaired) electrons. The number of rotatable bonds is 6. The van der Waals surface area contributed by atoms with Gasteiger partial charge in [-0.15, -0.1) is 0 Å². The number of hydrogen-bond donors (Lipinski definition) is 1. The Hall–Kier alpha value is -3.40. The smallest absolute Gasteiger partial charge is 0.256 e. The highest BCUT2D eigenvalue weighted by atomic mass is 32.1. The van der Waals surface area contributed by atoms with Crippen LogP contribution in [0.5, 0.6) is 5.75 Å². The van der Waals surface area contributed by atoms with Crippen LogP contribution in [0.2, 0.25) is 0 Å². The Morgan fingerprint density at radius 1 is 1.27 bits per heavy atom. The summed E-state index contributed by atoms with van der Waals surface area (Å²) in [6.07, 6.45) is 3.99. The number of benzene rings is 2. The second-order valence-electron chi connectivity index (χ2n) is 7.92. The molecule has 0 unspecified atom stereocenters. The number of aliphatic imine (C=N–C) groups is 1. The molecule has 1 fully saturated rings. The van der Waals surface area contributed by atoms with Crippen LogP contribution in [0.25, 0.3) is 10.2 Å². The third kappa shape index (κ3) is 4.43. The van der Waals surface area contributed by atoms with Gasteiger partial charge in [-0.25, -0.2) is 13.8 Å². The summed E-state index contributed by atoms with van der Waals surface area (Å²) in [4.78, 5) is 35.2. The molecule has 3 aromatic rings. The average Bonchev–Trinajstić information content (AvgIpc) is 3.39. The third-order valence-corrected chi connectivity index (χ3v) is 6.58. The summed E-state index contributed by atoms with van der Waals surface area (Å²) in [7, 11) is 0. The number of anilines is 1. The van der Waals surface area contributed by atoms with Crippen molar-refractivity contribution in [2.75, 3.05) is 18.5 Å². The number of amides is 2. The van der Waals surface area contributed by atoms with Gasteiger partial charge in [-0.3, -0.25) is 14.6 Å². The fraction of sp³-hybridized carbons (Fsp3) is 0.304. The number of halogens is 2. The molecule has 2 aliphatic heterocycles. The lowest BCUT2D eigenvalue weighted by Gasteiger charge is -2.20. The van der Waals surface area contributed by atoms with E-state index in [1.165, 1.54) is 35.6 Å². The molecule has 1 aromatic heterocycles. The van der Waals surface area contributed by atoms with Crippen LogP contribution in [0, 0.1) is 11.6 Å². The molecule has 2 aromatic carbocycles. The van der Waals surface area contributed by atoms with E-state index in [1.807, 2.05) is 0 Å². The van der Waals surface area contributed by atoms with E-state index >= 15 is 0 Å². The van der Waals surface area contributed by atoms with Crippen molar-refractivity contribution in [1.29, 1.82) is 0 Å². The fourth-order valence-corrected chi connectivity index (χ4v) is 4.87. The summed E-state index contributed by atoms with van der Waals surface area (Å²) in [6, 6.07) is 6.82. The molecular weight excluding hydrogens is 450 g/mol. The van der Waals surface area contributed by atoms with Crippen LogP contribution in [0.3, 0.4) is 0 Å². The van der Waals surface area contributed by atoms with Gasteiger partial charge < -0.3 is 15.0 Å². The van der Waals surface area contributed by atoms with Crippen LogP contribution in [0.1, 0.15) is 36.0 Å². The monoisotopic (exact) mass is 470 g/mol. The molecule has 7 nitrogen and oxygen atoms in total. The van der Waals surface area contributed by atoms with E-state index in [0.29, 0.717) is 29.3 Å². The van der Waals surface area contributed by atoms with Crippen molar-refractivity contribution in [3.63, 3.8) is 0 Å². The second kappa shape index (κ2) is 8.86. The minimum Gasteiger partial charge on any atom is -0.490 e. The number of carbonyl (C=O) groups is 2. The van der Waals surface area contributed by atoms with E-state index < -0.39 is 5.82 Å². The lowest BCUT2D eigenvalue weighted by atomic mass is 10.1. The van der Waals surface area contributed by atoms with Gasteiger partial charge in [-0.1, -0.05) is 11.3 Å². The molecule has 5 rings (SSSR count). The van der Waals surface area contributed by atoms with Crippen molar-refractivity contribution < 1.29 is 23.1 Å². The standard InChI is InChI=1S/C23H20F2N4O3S/c24-13-5-6-20-18(9-13)27-23(33-20)28-21(30)4-2-8-32-19-11-17-15(10-16(19)25)22(31)29-7-1-3-14(29)12-26-17/h5-6,9-12,14H,1-4,7-8H2,(H,27,28,30)/t14-/m0/s1. The highest BCUT2D eigenvalue weighted by Crippen LogP contribution is 2.33. The van der Waals surface area contributed by atoms with E-state index in [4.69, 9.17) is 4.74 Å². The first-order valence-corrected chi connectivity index (χ1v) is 11.5. The Bertz CT molecular complexity index is 1280. The van der Waals surface area contributed by atoms with Crippen LogP contribution in [-0.4, -0.2) is 47.1 Å². The van der Waals surface area contributed by atoms with Crippen LogP contribution in [0.4, 0.5) is 19.6 Å². The zero-order valence-electron chi connectivity index (χ0n) is 17.5. The van der Waals surface area contributed by atoms with E-state index in [9.17, 15) is 18.4 Å². The number of thiazole rings is 1. The Kier molecular flexibility index (Phi) is 5.76. The largest absolute Gasteiger partial charge is 0.490 e. The van der Waals surface area contributed by atoms with E-state index in [0.717, 1.165) is 17.5 Å². The zero-order chi connectivity index (χ0) is 22.9. The molecule has 33 heavy (non-hydrogen) atoms. The first-order valence-electron chi connectivity index (χ1n) is 10.7. The number of hydrogen-bond acceptors (Lipinski definition) is 6. The van der Waals surface area contributed by atoms with Crippen molar-refractivity contribution in [3.05, 3.63) is 47.5 Å². The van der Waals surface area contributed by atoms with Gasteiger partial charge in [0.25, 0.3) is 5.91 Å². The number of nitrogens with zero attached hydrogens (tertiary/aromatic N) is 3. The van der Waals surface area contributed by atoms with Crippen molar-refractivity contribution in [2.24, 2.45) is 4.99 Å². The molecule has 0 spiro atoms. The van der Waals surface area contributed by atoms with Crippen molar-refractivity contribution in [3.8, 4) is 5.75 Å². The number of carbonyl (C=O) groups excluding carboxylic acids is 2. The minimum atomic E-state index is -0.638. The van der Waals surface area contributed by atoms with Gasteiger partial charge in [0.05, 0.1) is 34.1 Å². The quantitative estimate of drug-likeness (QED) is 0.530. The van der Waals surface area contributed by atoms with Crippen LogP contribution in [0.15, 0.2) is 35.3 Å². The molecule has 170 valence electrons. The van der Waals surface area contributed by atoms with Gasteiger partial charge in [0.1, 0.15) is 5.82 Å². The highest BCUT2D eigenvalue weighted by molar-refractivity contribution is 7.22. The first-order chi connectivity index (χ1) is 16.0. The van der Waals surface area contributed by atoms with E-state index in [-0.39, 0.29) is 48.0 Å². The van der Waals surface area contributed by atoms with Gasteiger partial charge in [-0.05, 0) is 37.5 Å². The molecule has 2 amide bonds. The van der Waals surface area contributed by atoms with Crippen LogP contribution in [-0.2, 0) is 4.79 Å². The fourth-order valence-electron chi connectivity index (χ4n) is 4.00. The minimum absolute atomic E-state index is 0.00522. The second-order valence-corrected chi connectivity index (χ2v) is 8.95. The summed E-state index contributed by atoms with van der Waals surface area (Å²) in [5.74, 6) is -1.51. The summed E-state index contributed by atoms with van der Waals surface area (Å²) >= 11 is 1.26. The third-order valence-electron chi connectivity index (χ3n) is 5.63. The molecule has 0 saturated carbocycles. The van der Waals surface area contributed by atoms with Gasteiger partial charge in [0, 0.05) is 31.3 Å². The SMILES string of the molecule is O=C(CCCOc1cc2c(cc1F)C(=O)N1CCC[C@H]1C=N2)Nc1nc2cc(F)ccc2s1. The summed E-state index contributed by atoms with van der Waals surface area (Å²) in [5.41, 5.74) is 1.10. The zero-order valence-corrected chi connectivity index (χ0v) is 18.3. The Balaban J connectivity index is 1.17. The predicted molar refractivity (Wildman–Crippen MR) is 122 cm³/mol. The first kappa shape index (κ1) is 21.4. The lowest BCUT2D eigenvalue weighted by molar-refractivity contribution is -0.116. The van der Waals surface area contributed by atoms with Gasteiger partial charge in [-0.2, -0.15) is 0 Å². The Morgan fingerprint density at radius 2 is 2.15 bits per heavy atom. The molecule has 1 N–H and O–H groups in total. The molecule has 0 aliphatic carbocycles. The number of ether oxygens (including phenoxy) is 1.